The van der Waals surface area contributed by atoms with E-state index in [9.17, 15) is 4.39 Å². The Hall–Kier alpha value is -1.09. The van der Waals surface area contributed by atoms with Gasteiger partial charge in [0, 0.05) is 24.8 Å². The lowest BCUT2D eigenvalue weighted by Crippen LogP contribution is -2.46. The van der Waals surface area contributed by atoms with Gasteiger partial charge in [-0.1, -0.05) is 6.92 Å². The second-order valence-electron chi connectivity index (χ2n) is 4.48. The quantitative estimate of drug-likeness (QED) is 0.765. The molecule has 82 valence electrons. The van der Waals surface area contributed by atoms with E-state index < -0.39 is 0 Å². The minimum Gasteiger partial charge on any atom is -0.370 e. The van der Waals surface area contributed by atoms with Crippen LogP contribution in [0.25, 0.3) is 0 Å². The molecule has 0 radical (unpaired) electrons. The molecule has 2 unspecified atom stereocenters. The van der Waals surface area contributed by atoms with Crippen LogP contribution in [0.1, 0.15) is 13.3 Å². The molecule has 2 rings (SSSR count). The number of piperidine rings is 1. The van der Waals surface area contributed by atoms with Gasteiger partial charge in [-0.3, -0.25) is 0 Å². The zero-order chi connectivity index (χ0) is 10.8. The van der Waals surface area contributed by atoms with Crippen LogP contribution in [0.3, 0.4) is 0 Å². The molecule has 0 spiro atoms. The first-order valence-corrected chi connectivity index (χ1v) is 5.41. The van der Waals surface area contributed by atoms with Crippen LogP contribution in [-0.2, 0) is 0 Å². The molecule has 1 aromatic rings. The van der Waals surface area contributed by atoms with E-state index in [2.05, 4.69) is 11.8 Å². The normalized spacial score (nSPS) is 26.7. The number of benzene rings is 1. The van der Waals surface area contributed by atoms with Crippen LogP contribution in [-0.4, -0.2) is 19.1 Å². The third-order valence-electron chi connectivity index (χ3n) is 2.88. The molecule has 0 amide bonds. The first-order valence-electron chi connectivity index (χ1n) is 5.41. The number of nitrogens with two attached hydrogens (primary N) is 1. The number of hydrogen-bond acceptors (Lipinski definition) is 2. The molecule has 1 aromatic carbocycles. The molecule has 1 fully saturated rings. The molecule has 1 heterocycles. The number of halogens is 1. The fourth-order valence-corrected chi connectivity index (χ4v) is 2.26. The SMILES string of the molecule is CC1CC(N)CN(c2ccc(F)cc2)C1. The highest BCUT2D eigenvalue weighted by Gasteiger charge is 2.22. The van der Waals surface area contributed by atoms with Gasteiger partial charge in [-0.15, -0.1) is 0 Å². The molecule has 2 nitrogen and oxygen atoms in total. The molecular formula is C12H17FN2. The minimum atomic E-state index is -0.187. The van der Waals surface area contributed by atoms with Gasteiger partial charge in [-0.2, -0.15) is 0 Å². The topological polar surface area (TPSA) is 29.3 Å². The van der Waals surface area contributed by atoms with E-state index >= 15 is 0 Å². The lowest BCUT2D eigenvalue weighted by atomic mass is 9.96. The Balaban J connectivity index is 2.12. The average Bonchev–Trinajstić information content (AvgIpc) is 2.17. The predicted molar refractivity (Wildman–Crippen MR) is 60.4 cm³/mol. The molecule has 0 aliphatic carbocycles. The lowest BCUT2D eigenvalue weighted by Gasteiger charge is -2.36. The van der Waals surface area contributed by atoms with Gasteiger partial charge in [0.1, 0.15) is 5.82 Å². The highest BCUT2D eigenvalue weighted by Crippen LogP contribution is 2.22. The van der Waals surface area contributed by atoms with Crippen molar-refractivity contribution in [1.82, 2.24) is 0 Å². The van der Waals surface area contributed by atoms with Crippen LogP contribution >= 0.6 is 0 Å². The van der Waals surface area contributed by atoms with Crippen molar-refractivity contribution in [3.63, 3.8) is 0 Å². The monoisotopic (exact) mass is 208 g/mol. The Morgan fingerprint density at radius 2 is 1.93 bits per heavy atom. The fraction of sp³-hybridized carbons (Fsp3) is 0.500. The molecule has 0 saturated carbocycles. The lowest BCUT2D eigenvalue weighted by molar-refractivity contribution is 0.401. The Labute approximate surface area is 89.9 Å². The third-order valence-corrected chi connectivity index (χ3v) is 2.88. The molecule has 1 saturated heterocycles. The molecule has 2 N–H and O–H groups in total. The first-order chi connectivity index (χ1) is 7.15. The van der Waals surface area contributed by atoms with Crippen LogP contribution in [0, 0.1) is 11.7 Å². The summed E-state index contributed by atoms with van der Waals surface area (Å²) in [7, 11) is 0. The van der Waals surface area contributed by atoms with Gasteiger partial charge in [0.05, 0.1) is 0 Å². The Morgan fingerprint density at radius 3 is 2.53 bits per heavy atom. The maximum absolute atomic E-state index is 12.8. The van der Waals surface area contributed by atoms with Gasteiger partial charge in [0.2, 0.25) is 0 Å². The van der Waals surface area contributed by atoms with Crippen LogP contribution in [0.5, 0.6) is 0 Å². The Morgan fingerprint density at radius 1 is 1.27 bits per heavy atom. The fourth-order valence-electron chi connectivity index (χ4n) is 2.26. The van der Waals surface area contributed by atoms with E-state index in [1.807, 2.05) is 12.1 Å². The van der Waals surface area contributed by atoms with E-state index in [1.165, 1.54) is 12.1 Å². The van der Waals surface area contributed by atoms with Crippen LogP contribution in [0.2, 0.25) is 0 Å². The molecule has 3 heteroatoms. The van der Waals surface area contributed by atoms with Gasteiger partial charge >= 0.3 is 0 Å². The summed E-state index contributed by atoms with van der Waals surface area (Å²) in [6.45, 7) is 4.09. The Bertz CT molecular complexity index is 313. The summed E-state index contributed by atoms with van der Waals surface area (Å²) in [5, 5.41) is 0. The van der Waals surface area contributed by atoms with Crippen molar-refractivity contribution in [3.8, 4) is 0 Å². The van der Waals surface area contributed by atoms with Crippen molar-refractivity contribution in [2.75, 3.05) is 18.0 Å². The highest BCUT2D eigenvalue weighted by molar-refractivity contribution is 5.47. The Kier molecular flexibility index (Phi) is 2.91. The summed E-state index contributed by atoms with van der Waals surface area (Å²) in [4.78, 5) is 2.23. The smallest absolute Gasteiger partial charge is 0.123 e. The maximum atomic E-state index is 12.8. The van der Waals surface area contributed by atoms with Crippen molar-refractivity contribution in [1.29, 1.82) is 0 Å². The van der Waals surface area contributed by atoms with Gasteiger partial charge < -0.3 is 10.6 Å². The summed E-state index contributed by atoms with van der Waals surface area (Å²) in [5.41, 5.74) is 7.04. The van der Waals surface area contributed by atoms with Crippen molar-refractivity contribution in [2.45, 2.75) is 19.4 Å². The van der Waals surface area contributed by atoms with Gasteiger partial charge in [-0.05, 0) is 36.6 Å². The van der Waals surface area contributed by atoms with Crippen molar-refractivity contribution < 1.29 is 4.39 Å². The van der Waals surface area contributed by atoms with Crippen molar-refractivity contribution in [3.05, 3.63) is 30.1 Å². The van der Waals surface area contributed by atoms with E-state index in [0.717, 1.165) is 25.2 Å². The molecule has 0 aromatic heterocycles. The van der Waals surface area contributed by atoms with E-state index in [1.54, 1.807) is 0 Å². The second kappa shape index (κ2) is 4.19. The standard InChI is InChI=1S/C12H17FN2/c1-9-6-11(14)8-15(7-9)12-4-2-10(13)3-5-12/h2-5,9,11H,6-8,14H2,1H3. The first kappa shape index (κ1) is 10.4. The maximum Gasteiger partial charge on any atom is 0.123 e. The zero-order valence-corrected chi connectivity index (χ0v) is 8.99. The molecule has 0 bridgehead atoms. The number of anilines is 1. The van der Waals surface area contributed by atoms with Crippen molar-refractivity contribution in [2.24, 2.45) is 11.7 Å². The summed E-state index contributed by atoms with van der Waals surface area (Å²) in [6.07, 6.45) is 1.08. The van der Waals surface area contributed by atoms with E-state index in [0.29, 0.717) is 5.92 Å². The average molecular weight is 208 g/mol. The van der Waals surface area contributed by atoms with Crippen LogP contribution in [0.15, 0.2) is 24.3 Å². The zero-order valence-electron chi connectivity index (χ0n) is 8.99. The summed E-state index contributed by atoms with van der Waals surface area (Å²) in [5.74, 6) is 0.423. The van der Waals surface area contributed by atoms with Crippen molar-refractivity contribution >= 4 is 5.69 Å². The molecule has 1 aliphatic rings. The van der Waals surface area contributed by atoms with Gasteiger partial charge in [0.15, 0.2) is 0 Å². The van der Waals surface area contributed by atoms with Crippen LogP contribution < -0.4 is 10.6 Å². The molecule has 1 aliphatic heterocycles. The predicted octanol–water partition coefficient (Wildman–Crippen LogP) is 2.00. The highest BCUT2D eigenvalue weighted by atomic mass is 19.1. The molecule has 15 heavy (non-hydrogen) atoms. The molecule has 2 atom stereocenters. The largest absolute Gasteiger partial charge is 0.370 e. The summed E-state index contributed by atoms with van der Waals surface area (Å²) < 4.78 is 12.8. The second-order valence-corrected chi connectivity index (χ2v) is 4.48. The summed E-state index contributed by atoms with van der Waals surface area (Å²) in [6, 6.07) is 6.87. The number of nitrogens with zero attached hydrogens (tertiary/aromatic N) is 1. The summed E-state index contributed by atoms with van der Waals surface area (Å²) >= 11 is 0. The third kappa shape index (κ3) is 2.48. The van der Waals surface area contributed by atoms with Gasteiger partial charge in [0.25, 0.3) is 0 Å². The minimum absolute atomic E-state index is 0.187. The van der Waals surface area contributed by atoms with E-state index in [-0.39, 0.29) is 11.9 Å². The number of rotatable bonds is 1. The van der Waals surface area contributed by atoms with E-state index in [4.69, 9.17) is 5.73 Å². The van der Waals surface area contributed by atoms with Gasteiger partial charge in [-0.25, -0.2) is 4.39 Å². The molecular weight excluding hydrogens is 191 g/mol. The van der Waals surface area contributed by atoms with Crippen LogP contribution in [0.4, 0.5) is 10.1 Å². The number of hydrogen-bond donors (Lipinski definition) is 1.